The van der Waals surface area contributed by atoms with Crippen LogP contribution in [0.3, 0.4) is 0 Å². The second-order valence-corrected chi connectivity index (χ2v) is 14.2. The molecule has 0 N–H and O–H groups in total. The van der Waals surface area contributed by atoms with E-state index in [0.29, 0.717) is 3.63 Å². The topological polar surface area (TPSA) is 0 Å². The van der Waals surface area contributed by atoms with E-state index in [1.54, 1.807) is 30.8 Å². The first-order valence-corrected chi connectivity index (χ1v) is 13.3. The summed E-state index contributed by atoms with van der Waals surface area (Å²) in [6.07, 6.45) is 13.0. The van der Waals surface area contributed by atoms with Crippen molar-refractivity contribution in [2.24, 2.45) is 0 Å². The number of fused-ring (bicyclic) bond motifs is 3. The Morgan fingerprint density at radius 2 is 1.39 bits per heavy atom. The second-order valence-electron chi connectivity index (χ2n) is 7.44. The maximum atomic E-state index is 14.0. The predicted molar refractivity (Wildman–Crippen MR) is 99.0 cm³/mol. The van der Waals surface area contributed by atoms with E-state index < -0.39 is 21.3 Å². The van der Waals surface area contributed by atoms with E-state index >= 15 is 0 Å². The summed E-state index contributed by atoms with van der Waals surface area (Å²) in [5, 5.41) is 0. The van der Waals surface area contributed by atoms with Crippen molar-refractivity contribution in [3.63, 3.8) is 0 Å². The molecule has 28 heavy (non-hydrogen) atoms. The number of halogens is 4. The van der Waals surface area contributed by atoms with Crippen molar-refractivity contribution in [3.8, 4) is 11.1 Å². The normalized spacial score (nSPS) is 16.6. The molecule has 0 spiro atoms. The minimum absolute atomic E-state index is 0. The zero-order chi connectivity index (χ0) is 17.7. The van der Waals surface area contributed by atoms with Crippen LogP contribution in [0.4, 0.5) is 8.78 Å². The van der Waals surface area contributed by atoms with Gasteiger partial charge in [-0.15, -0.1) is 0 Å². The van der Waals surface area contributed by atoms with Gasteiger partial charge in [0.15, 0.2) is 0 Å². The fourth-order valence-corrected chi connectivity index (χ4v) is 14.3. The van der Waals surface area contributed by atoms with E-state index in [2.05, 4.69) is 18.2 Å². The van der Waals surface area contributed by atoms with Gasteiger partial charge in [0, 0.05) is 0 Å². The van der Waals surface area contributed by atoms with Crippen LogP contribution in [0.2, 0.25) is 0 Å². The van der Waals surface area contributed by atoms with Crippen LogP contribution in [0.5, 0.6) is 0 Å². The number of allylic oxidation sites excluding steroid dienone is 4. The Morgan fingerprint density at radius 1 is 0.821 bits per heavy atom. The standard InChI is InChI=1S/C13H7F2.C5H8.C5H5.2ClH.Zr/c14-10-3-1-8-5-9-2-4-11(15)7-13(9)12(8)6-10;2*1-2-4-5-3-1;;;/h1-7H;1-4H2;1-3H,4H2;2*1H;/q;;;;;+2/p-2. The molecule has 0 bridgehead atoms. The first-order valence-electron chi connectivity index (χ1n) is 9.39. The molecule has 0 radical (unpaired) electrons. The largest absolute Gasteiger partial charge is 1.00 e. The molecule has 3 aliphatic carbocycles. The van der Waals surface area contributed by atoms with Crippen LogP contribution in [0.15, 0.2) is 57.9 Å². The van der Waals surface area contributed by atoms with Crippen LogP contribution < -0.4 is 24.8 Å². The maximum Gasteiger partial charge on any atom is -1.00 e. The van der Waals surface area contributed by atoms with Crippen LogP contribution in [0.1, 0.15) is 46.9 Å². The first-order chi connectivity index (χ1) is 12.7. The summed E-state index contributed by atoms with van der Waals surface area (Å²) in [5.41, 5.74) is 4.28. The van der Waals surface area contributed by atoms with Crippen LogP contribution >= 0.6 is 0 Å². The minimum atomic E-state index is -2.16. The first kappa shape index (κ1) is 21.8. The fourth-order valence-electron chi connectivity index (χ4n) is 4.84. The third kappa shape index (κ3) is 3.67. The van der Waals surface area contributed by atoms with Crippen LogP contribution in [0.25, 0.3) is 11.1 Å². The molecule has 3 aliphatic rings. The van der Waals surface area contributed by atoms with Gasteiger partial charge in [-0.2, -0.15) is 0 Å². The van der Waals surface area contributed by atoms with Gasteiger partial charge in [-0.3, -0.25) is 0 Å². The van der Waals surface area contributed by atoms with Gasteiger partial charge in [-0.1, -0.05) is 0 Å². The molecule has 0 amide bonds. The van der Waals surface area contributed by atoms with Gasteiger partial charge in [0.05, 0.1) is 0 Å². The van der Waals surface area contributed by atoms with E-state index in [1.165, 1.54) is 36.8 Å². The van der Waals surface area contributed by atoms with Gasteiger partial charge < -0.3 is 24.8 Å². The molecule has 0 nitrogen and oxygen atoms in total. The van der Waals surface area contributed by atoms with E-state index in [1.807, 2.05) is 12.1 Å². The van der Waals surface area contributed by atoms with Gasteiger partial charge in [0.1, 0.15) is 0 Å². The van der Waals surface area contributed by atoms with Gasteiger partial charge in [-0.05, 0) is 0 Å². The van der Waals surface area contributed by atoms with Crippen molar-refractivity contribution in [2.75, 3.05) is 0 Å². The zero-order valence-corrected chi connectivity index (χ0v) is 19.3. The molecule has 2 aromatic rings. The van der Waals surface area contributed by atoms with Crippen LogP contribution in [-0.2, 0) is 21.3 Å². The second kappa shape index (κ2) is 8.86. The van der Waals surface area contributed by atoms with Crippen molar-refractivity contribution >= 4 is 3.21 Å². The summed E-state index contributed by atoms with van der Waals surface area (Å²) in [6.45, 7) is 0. The third-order valence-electron chi connectivity index (χ3n) is 5.94. The summed E-state index contributed by atoms with van der Waals surface area (Å²) < 4.78 is 31.8. The average molecular weight is 497 g/mol. The van der Waals surface area contributed by atoms with E-state index in [9.17, 15) is 8.78 Å². The molecule has 144 valence electrons. The molecule has 0 atom stereocenters. The Kier molecular flexibility index (Phi) is 6.90. The number of rotatable bonds is 2. The average Bonchev–Trinajstić information content (AvgIpc) is 3.38. The van der Waals surface area contributed by atoms with Crippen molar-refractivity contribution in [1.29, 1.82) is 0 Å². The van der Waals surface area contributed by atoms with Gasteiger partial charge >= 0.3 is 161 Å². The molecule has 0 aromatic heterocycles. The molecule has 0 heterocycles. The molecule has 5 heteroatoms. The van der Waals surface area contributed by atoms with Gasteiger partial charge in [0.25, 0.3) is 0 Å². The Balaban J connectivity index is 0.00000112. The summed E-state index contributed by atoms with van der Waals surface area (Å²) >= 11 is -2.16. The molecule has 0 saturated heterocycles. The summed E-state index contributed by atoms with van der Waals surface area (Å²) in [4.78, 5) is 0. The summed E-state index contributed by atoms with van der Waals surface area (Å²) in [7, 11) is 0. The van der Waals surface area contributed by atoms with Crippen molar-refractivity contribution in [1.82, 2.24) is 0 Å². The van der Waals surface area contributed by atoms with Gasteiger partial charge in [-0.25, -0.2) is 0 Å². The molecule has 0 unspecified atom stereocenters. The van der Waals surface area contributed by atoms with E-state index in [4.69, 9.17) is 0 Å². The van der Waals surface area contributed by atoms with Crippen LogP contribution in [-0.4, -0.2) is 3.21 Å². The maximum absolute atomic E-state index is 14.0. The zero-order valence-electron chi connectivity index (χ0n) is 15.3. The van der Waals surface area contributed by atoms with Gasteiger partial charge in [0.2, 0.25) is 0 Å². The molecule has 1 saturated carbocycles. The Morgan fingerprint density at radius 3 is 1.89 bits per heavy atom. The fraction of sp³-hybridized carbons (Fsp3) is 0.261. The predicted octanol–water partition coefficient (Wildman–Crippen LogP) is 0.251. The van der Waals surface area contributed by atoms with Crippen LogP contribution in [0, 0.1) is 11.6 Å². The molecule has 5 rings (SSSR count). The molecule has 0 aliphatic heterocycles. The molecule has 2 aromatic carbocycles. The number of benzene rings is 2. The van der Waals surface area contributed by atoms with E-state index in [0.717, 1.165) is 17.5 Å². The van der Waals surface area contributed by atoms with E-state index in [-0.39, 0.29) is 36.4 Å². The quantitative estimate of drug-likeness (QED) is 0.560. The minimum Gasteiger partial charge on any atom is -1.00 e. The third-order valence-corrected chi connectivity index (χ3v) is 14.6. The Hall–Kier alpha value is -0.887. The Labute approximate surface area is 184 Å². The Bertz CT molecular complexity index is 948. The SMILES string of the molecule is Fc1ccc2c(c1)-c1cc(F)ccc1[CH]2[Zr+2]([C]1=CC=CC1)=[C]1CCCC1.[Cl-].[Cl-]. The smallest absolute Gasteiger partial charge is 1.00 e. The number of hydrogen-bond acceptors (Lipinski definition) is 0. The van der Waals surface area contributed by atoms with Crippen molar-refractivity contribution < 1.29 is 54.9 Å². The monoisotopic (exact) mass is 494 g/mol. The molecular weight excluding hydrogens is 476 g/mol. The van der Waals surface area contributed by atoms with Crippen molar-refractivity contribution in [2.45, 2.75) is 35.7 Å². The number of hydrogen-bond donors (Lipinski definition) is 0. The molecule has 1 fully saturated rings. The summed E-state index contributed by atoms with van der Waals surface area (Å²) in [6, 6.07) is 10.3. The molecular formula is C23H20Cl2F2Zr. The summed E-state index contributed by atoms with van der Waals surface area (Å²) in [5.74, 6) is -0.472. The van der Waals surface area contributed by atoms with Crippen molar-refractivity contribution in [3.05, 3.63) is 80.7 Å².